The van der Waals surface area contributed by atoms with Gasteiger partial charge in [-0.3, -0.25) is 4.79 Å². The predicted octanol–water partition coefficient (Wildman–Crippen LogP) is 2.75. The van der Waals surface area contributed by atoms with Crippen molar-refractivity contribution in [3.63, 3.8) is 0 Å². The molecule has 0 saturated heterocycles. The molecule has 1 amide bonds. The second-order valence-corrected chi connectivity index (χ2v) is 5.30. The standard InChI is InChI=1S/C14H21ClN2O/c1-9(2)13(8-16)14(18)17-10(3)11-4-6-12(15)7-5-11/h4-7,9-10,13H,8,16H2,1-3H3,(H,17,18)/t10-,13?/m1/s1. The van der Waals surface area contributed by atoms with E-state index in [0.29, 0.717) is 11.6 Å². The third-order valence-electron chi connectivity index (χ3n) is 3.12. The van der Waals surface area contributed by atoms with E-state index in [2.05, 4.69) is 5.32 Å². The van der Waals surface area contributed by atoms with Gasteiger partial charge in [0.2, 0.25) is 5.91 Å². The van der Waals surface area contributed by atoms with Crippen molar-refractivity contribution in [1.82, 2.24) is 5.32 Å². The van der Waals surface area contributed by atoms with Gasteiger partial charge >= 0.3 is 0 Å². The van der Waals surface area contributed by atoms with Crippen molar-refractivity contribution in [2.45, 2.75) is 26.8 Å². The van der Waals surface area contributed by atoms with E-state index in [9.17, 15) is 4.79 Å². The van der Waals surface area contributed by atoms with E-state index in [1.165, 1.54) is 0 Å². The molecule has 0 aliphatic rings. The Labute approximate surface area is 114 Å². The van der Waals surface area contributed by atoms with E-state index in [1.807, 2.05) is 45.0 Å². The molecule has 0 aliphatic heterocycles. The number of nitrogens with one attached hydrogen (secondary N) is 1. The molecule has 100 valence electrons. The van der Waals surface area contributed by atoms with Crippen LogP contribution in [0.25, 0.3) is 0 Å². The van der Waals surface area contributed by atoms with Crippen LogP contribution in [0.3, 0.4) is 0 Å². The van der Waals surface area contributed by atoms with Gasteiger partial charge in [-0.05, 0) is 30.5 Å². The molecule has 3 nitrogen and oxygen atoms in total. The molecule has 1 aromatic carbocycles. The van der Waals surface area contributed by atoms with Crippen LogP contribution in [-0.2, 0) is 4.79 Å². The summed E-state index contributed by atoms with van der Waals surface area (Å²) in [5, 5.41) is 3.68. The van der Waals surface area contributed by atoms with Crippen LogP contribution in [0.5, 0.6) is 0 Å². The fourth-order valence-electron chi connectivity index (χ4n) is 1.84. The summed E-state index contributed by atoms with van der Waals surface area (Å²) in [4.78, 5) is 12.0. The highest BCUT2D eigenvalue weighted by atomic mass is 35.5. The van der Waals surface area contributed by atoms with Crippen molar-refractivity contribution in [3.8, 4) is 0 Å². The molecule has 3 N–H and O–H groups in total. The van der Waals surface area contributed by atoms with Gasteiger partial charge in [-0.2, -0.15) is 0 Å². The first kappa shape index (κ1) is 15.0. The lowest BCUT2D eigenvalue weighted by molar-refractivity contribution is -0.126. The van der Waals surface area contributed by atoms with Gasteiger partial charge in [-0.25, -0.2) is 0 Å². The van der Waals surface area contributed by atoms with E-state index in [-0.39, 0.29) is 23.8 Å². The van der Waals surface area contributed by atoms with E-state index in [1.54, 1.807) is 0 Å². The fraction of sp³-hybridized carbons (Fsp3) is 0.500. The quantitative estimate of drug-likeness (QED) is 0.863. The van der Waals surface area contributed by atoms with Crippen molar-refractivity contribution >= 4 is 17.5 Å². The van der Waals surface area contributed by atoms with Gasteiger partial charge in [0, 0.05) is 11.6 Å². The monoisotopic (exact) mass is 268 g/mol. The molecule has 2 atom stereocenters. The van der Waals surface area contributed by atoms with Crippen molar-refractivity contribution in [1.29, 1.82) is 0 Å². The first-order valence-corrected chi connectivity index (χ1v) is 6.59. The molecule has 0 saturated carbocycles. The molecule has 0 radical (unpaired) electrons. The number of hydrogen-bond acceptors (Lipinski definition) is 2. The minimum atomic E-state index is -0.139. The van der Waals surface area contributed by atoms with E-state index >= 15 is 0 Å². The highest BCUT2D eigenvalue weighted by Crippen LogP contribution is 2.17. The number of benzene rings is 1. The zero-order valence-corrected chi connectivity index (χ0v) is 11.9. The van der Waals surface area contributed by atoms with Gasteiger partial charge in [0.15, 0.2) is 0 Å². The summed E-state index contributed by atoms with van der Waals surface area (Å²) in [6, 6.07) is 7.44. The maximum Gasteiger partial charge on any atom is 0.225 e. The average molecular weight is 269 g/mol. The lowest BCUT2D eigenvalue weighted by Gasteiger charge is -2.22. The van der Waals surface area contributed by atoms with Crippen LogP contribution in [-0.4, -0.2) is 12.5 Å². The molecule has 1 unspecified atom stereocenters. The van der Waals surface area contributed by atoms with Gasteiger partial charge in [0.25, 0.3) is 0 Å². The number of carbonyl (C=O) groups is 1. The second-order valence-electron chi connectivity index (χ2n) is 4.87. The van der Waals surface area contributed by atoms with Crippen molar-refractivity contribution in [3.05, 3.63) is 34.9 Å². The van der Waals surface area contributed by atoms with Crippen LogP contribution in [0.15, 0.2) is 24.3 Å². The Hall–Kier alpha value is -1.06. The third kappa shape index (κ3) is 4.00. The van der Waals surface area contributed by atoms with Crippen molar-refractivity contribution < 1.29 is 4.79 Å². The molecule has 0 heterocycles. The summed E-state index contributed by atoms with van der Waals surface area (Å²) in [5.41, 5.74) is 6.67. The number of rotatable bonds is 5. The second kappa shape index (κ2) is 6.76. The SMILES string of the molecule is CC(C)C(CN)C(=O)N[C@H](C)c1ccc(Cl)cc1. The lowest BCUT2D eigenvalue weighted by Crippen LogP contribution is -2.39. The number of nitrogens with two attached hydrogens (primary N) is 1. The summed E-state index contributed by atoms with van der Waals surface area (Å²) < 4.78 is 0. The van der Waals surface area contributed by atoms with Gasteiger partial charge < -0.3 is 11.1 Å². The molecule has 1 rings (SSSR count). The van der Waals surface area contributed by atoms with Crippen molar-refractivity contribution in [2.75, 3.05) is 6.54 Å². The first-order chi connectivity index (χ1) is 8.45. The number of carbonyl (C=O) groups excluding carboxylic acids is 1. The molecule has 0 fully saturated rings. The maximum absolute atomic E-state index is 12.0. The van der Waals surface area contributed by atoms with Gasteiger partial charge in [0.05, 0.1) is 12.0 Å². The Balaban J connectivity index is 2.66. The molecule has 1 aromatic rings. The lowest BCUT2D eigenvalue weighted by atomic mass is 9.94. The highest BCUT2D eigenvalue weighted by molar-refractivity contribution is 6.30. The van der Waals surface area contributed by atoms with Gasteiger partial charge in [-0.1, -0.05) is 37.6 Å². The predicted molar refractivity (Wildman–Crippen MR) is 75.4 cm³/mol. The smallest absolute Gasteiger partial charge is 0.225 e. The summed E-state index contributed by atoms with van der Waals surface area (Å²) >= 11 is 5.83. The molecular formula is C14H21ClN2O. The van der Waals surface area contributed by atoms with E-state index in [4.69, 9.17) is 17.3 Å². The molecule has 18 heavy (non-hydrogen) atoms. The largest absolute Gasteiger partial charge is 0.349 e. The van der Waals surface area contributed by atoms with Crippen LogP contribution >= 0.6 is 11.6 Å². The highest BCUT2D eigenvalue weighted by Gasteiger charge is 2.22. The number of halogens is 1. The molecule has 0 bridgehead atoms. The topological polar surface area (TPSA) is 55.1 Å². The molecule has 0 spiro atoms. The Kier molecular flexibility index (Phi) is 5.63. The van der Waals surface area contributed by atoms with Crippen LogP contribution in [0.1, 0.15) is 32.4 Å². The summed E-state index contributed by atoms with van der Waals surface area (Å²) in [7, 11) is 0. The van der Waals surface area contributed by atoms with Crippen LogP contribution in [0.4, 0.5) is 0 Å². The molecular weight excluding hydrogens is 248 g/mol. The Morgan fingerprint density at radius 3 is 2.28 bits per heavy atom. The summed E-state index contributed by atoms with van der Waals surface area (Å²) in [6.07, 6.45) is 0. The molecule has 0 aromatic heterocycles. The van der Waals surface area contributed by atoms with E-state index < -0.39 is 0 Å². The summed E-state index contributed by atoms with van der Waals surface area (Å²) in [6.45, 7) is 6.33. The normalized spacial score (nSPS) is 14.3. The van der Waals surface area contributed by atoms with Gasteiger partial charge in [0.1, 0.15) is 0 Å². The Bertz CT molecular complexity index is 389. The zero-order valence-electron chi connectivity index (χ0n) is 11.1. The maximum atomic E-state index is 12.0. The first-order valence-electron chi connectivity index (χ1n) is 6.21. The van der Waals surface area contributed by atoms with E-state index in [0.717, 1.165) is 5.56 Å². The number of hydrogen-bond donors (Lipinski definition) is 2. The fourth-order valence-corrected chi connectivity index (χ4v) is 1.96. The van der Waals surface area contributed by atoms with Crippen LogP contribution in [0.2, 0.25) is 5.02 Å². The molecule has 0 aliphatic carbocycles. The van der Waals surface area contributed by atoms with Crippen molar-refractivity contribution in [2.24, 2.45) is 17.6 Å². The Morgan fingerprint density at radius 1 is 1.28 bits per heavy atom. The average Bonchev–Trinajstić information content (AvgIpc) is 2.29. The van der Waals surface area contributed by atoms with Crippen LogP contribution in [0, 0.1) is 11.8 Å². The third-order valence-corrected chi connectivity index (χ3v) is 3.38. The minimum absolute atomic E-state index is 0.00921. The number of amides is 1. The summed E-state index contributed by atoms with van der Waals surface area (Å²) in [5.74, 6) is 0.113. The molecule has 4 heteroatoms. The Morgan fingerprint density at radius 2 is 1.83 bits per heavy atom. The zero-order chi connectivity index (χ0) is 13.7. The van der Waals surface area contributed by atoms with Gasteiger partial charge in [-0.15, -0.1) is 0 Å². The minimum Gasteiger partial charge on any atom is -0.349 e. The van der Waals surface area contributed by atoms with Crippen LogP contribution < -0.4 is 11.1 Å².